The van der Waals surface area contributed by atoms with Gasteiger partial charge in [-0.2, -0.15) is 4.98 Å². The van der Waals surface area contributed by atoms with Gasteiger partial charge in [-0.05, 0) is 37.1 Å². The second-order valence-corrected chi connectivity index (χ2v) is 7.89. The van der Waals surface area contributed by atoms with E-state index in [4.69, 9.17) is 9.26 Å². The number of benzene rings is 2. The Kier molecular flexibility index (Phi) is 6.49. The number of hydrogen-bond donors (Lipinski definition) is 0. The van der Waals surface area contributed by atoms with Gasteiger partial charge in [0.15, 0.2) is 12.4 Å². The monoisotopic (exact) mass is 434 g/mol. The zero-order valence-corrected chi connectivity index (χ0v) is 18.2. The molecule has 1 aliphatic heterocycles. The lowest BCUT2D eigenvalue weighted by atomic mass is 10.1. The first-order valence-electron chi connectivity index (χ1n) is 10.6. The van der Waals surface area contributed by atoms with Gasteiger partial charge < -0.3 is 19.1 Å². The summed E-state index contributed by atoms with van der Waals surface area (Å²) >= 11 is 0. The maximum absolute atomic E-state index is 13.4. The van der Waals surface area contributed by atoms with E-state index in [1.807, 2.05) is 61.5 Å². The van der Waals surface area contributed by atoms with Crippen LogP contribution in [0, 0.1) is 13.8 Å². The number of ether oxygens (including phenoxy) is 1. The van der Waals surface area contributed by atoms with Crippen LogP contribution in [-0.2, 0) is 22.6 Å². The smallest absolute Gasteiger partial charge is 0.261 e. The van der Waals surface area contributed by atoms with Gasteiger partial charge in [-0.25, -0.2) is 0 Å². The van der Waals surface area contributed by atoms with E-state index in [0.717, 1.165) is 11.1 Å². The lowest BCUT2D eigenvalue weighted by Gasteiger charge is -2.40. The lowest BCUT2D eigenvalue weighted by Crippen LogP contribution is -2.60. The Morgan fingerprint density at radius 3 is 2.66 bits per heavy atom. The molecule has 0 spiro atoms. The van der Waals surface area contributed by atoms with E-state index >= 15 is 0 Å². The van der Waals surface area contributed by atoms with Crippen LogP contribution in [0.2, 0.25) is 0 Å². The normalized spacial score (nSPS) is 16.3. The van der Waals surface area contributed by atoms with Gasteiger partial charge in [0.25, 0.3) is 5.91 Å². The summed E-state index contributed by atoms with van der Waals surface area (Å²) in [4.78, 5) is 34.0. The number of aromatic nitrogens is 2. The van der Waals surface area contributed by atoms with Gasteiger partial charge in [-0.1, -0.05) is 47.6 Å². The van der Waals surface area contributed by atoms with Crippen molar-refractivity contribution in [2.24, 2.45) is 0 Å². The predicted molar refractivity (Wildman–Crippen MR) is 117 cm³/mol. The first-order valence-corrected chi connectivity index (χ1v) is 10.6. The van der Waals surface area contributed by atoms with Crippen molar-refractivity contribution in [3.05, 3.63) is 77.4 Å². The van der Waals surface area contributed by atoms with Gasteiger partial charge in [0.05, 0.1) is 6.42 Å². The second-order valence-electron chi connectivity index (χ2n) is 7.89. The van der Waals surface area contributed by atoms with Gasteiger partial charge in [-0.15, -0.1) is 0 Å². The third-order valence-corrected chi connectivity index (χ3v) is 5.41. The summed E-state index contributed by atoms with van der Waals surface area (Å²) in [5, 5.41) is 3.81. The molecule has 0 radical (unpaired) electrons. The van der Waals surface area contributed by atoms with E-state index in [9.17, 15) is 9.59 Å². The number of aryl methyl sites for hydroxylation is 2. The molecule has 1 unspecified atom stereocenters. The van der Waals surface area contributed by atoms with Crippen molar-refractivity contribution in [3.63, 3.8) is 0 Å². The molecule has 8 heteroatoms. The highest BCUT2D eigenvalue weighted by Gasteiger charge is 2.38. The van der Waals surface area contributed by atoms with Crippen LogP contribution in [0.3, 0.4) is 0 Å². The minimum Gasteiger partial charge on any atom is -0.484 e. The van der Waals surface area contributed by atoms with E-state index in [-0.39, 0.29) is 24.8 Å². The summed E-state index contributed by atoms with van der Waals surface area (Å²) < 4.78 is 10.9. The molecule has 0 bridgehead atoms. The van der Waals surface area contributed by atoms with E-state index < -0.39 is 6.04 Å². The van der Waals surface area contributed by atoms with Crippen molar-refractivity contribution >= 4 is 11.8 Å². The minimum absolute atomic E-state index is 0.139. The summed E-state index contributed by atoms with van der Waals surface area (Å²) in [7, 11) is 0. The molecule has 166 valence electrons. The molecule has 4 rings (SSSR count). The van der Waals surface area contributed by atoms with Gasteiger partial charge in [0.2, 0.25) is 11.8 Å². The maximum atomic E-state index is 13.4. The standard InChI is InChI=1S/C24H26N4O4/c1-17-7-6-10-20(13-17)31-16-23(29)28-12-11-27(15-19-8-4-3-5-9-19)24(30)21(28)14-22-25-18(2)26-32-22/h3-10,13,21H,11-12,14-16H2,1-2H3. The van der Waals surface area contributed by atoms with E-state index in [2.05, 4.69) is 10.1 Å². The number of piperazine rings is 1. The Morgan fingerprint density at radius 1 is 1.12 bits per heavy atom. The van der Waals surface area contributed by atoms with Crippen LogP contribution in [0.15, 0.2) is 59.1 Å². The molecule has 1 aromatic heterocycles. The number of nitrogens with zero attached hydrogens (tertiary/aromatic N) is 4. The van der Waals surface area contributed by atoms with Crippen molar-refractivity contribution < 1.29 is 18.8 Å². The average molecular weight is 434 g/mol. The largest absolute Gasteiger partial charge is 0.484 e. The fourth-order valence-electron chi connectivity index (χ4n) is 3.82. The van der Waals surface area contributed by atoms with Crippen LogP contribution in [0.4, 0.5) is 0 Å². The van der Waals surface area contributed by atoms with Crippen LogP contribution >= 0.6 is 0 Å². The molecule has 1 fully saturated rings. The molecule has 1 aliphatic rings. The van der Waals surface area contributed by atoms with Crippen molar-refractivity contribution in [1.29, 1.82) is 0 Å². The molecule has 32 heavy (non-hydrogen) atoms. The molecular weight excluding hydrogens is 408 g/mol. The molecule has 1 atom stereocenters. The minimum atomic E-state index is -0.721. The van der Waals surface area contributed by atoms with Crippen molar-refractivity contribution in [2.45, 2.75) is 32.9 Å². The second kappa shape index (κ2) is 9.64. The Balaban J connectivity index is 1.49. The van der Waals surface area contributed by atoms with Gasteiger partial charge in [0, 0.05) is 19.6 Å². The van der Waals surface area contributed by atoms with Crippen molar-refractivity contribution in [1.82, 2.24) is 19.9 Å². The van der Waals surface area contributed by atoms with E-state index in [1.165, 1.54) is 0 Å². The summed E-state index contributed by atoms with van der Waals surface area (Å²) in [6.07, 6.45) is 0.168. The zero-order valence-electron chi connectivity index (χ0n) is 18.2. The third-order valence-electron chi connectivity index (χ3n) is 5.41. The Bertz CT molecular complexity index is 1080. The highest BCUT2D eigenvalue weighted by atomic mass is 16.5. The highest BCUT2D eigenvalue weighted by Crippen LogP contribution is 2.19. The van der Waals surface area contributed by atoms with Crippen LogP contribution in [0.1, 0.15) is 22.8 Å². The quantitative estimate of drug-likeness (QED) is 0.568. The number of hydrogen-bond acceptors (Lipinski definition) is 6. The molecular formula is C24H26N4O4. The zero-order chi connectivity index (χ0) is 22.5. The molecule has 1 saturated heterocycles. The van der Waals surface area contributed by atoms with Gasteiger partial charge in [-0.3, -0.25) is 9.59 Å². The van der Waals surface area contributed by atoms with Crippen LogP contribution < -0.4 is 4.74 Å². The Hall–Kier alpha value is -3.68. The van der Waals surface area contributed by atoms with Crippen LogP contribution in [0.25, 0.3) is 0 Å². The number of rotatable bonds is 7. The van der Waals surface area contributed by atoms with Crippen LogP contribution in [-0.4, -0.2) is 57.5 Å². The topological polar surface area (TPSA) is 88.8 Å². The number of carbonyl (C=O) groups is 2. The molecule has 2 aromatic carbocycles. The lowest BCUT2D eigenvalue weighted by molar-refractivity contribution is -0.153. The highest BCUT2D eigenvalue weighted by molar-refractivity contribution is 5.89. The molecule has 3 aromatic rings. The molecule has 8 nitrogen and oxygen atoms in total. The first-order chi connectivity index (χ1) is 15.5. The molecule has 2 amide bonds. The van der Waals surface area contributed by atoms with Crippen molar-refractivity contribution in [3.8, 4) is 5.75 Å². The summed E-state index contributed by atoms with van der Waals surface area (Å²) in [5.41, 5.74) is 2.08. The fraction of sp³-hybridized carbons (Fsp3) is 0.333. The van der Waals surface area contributed by atoms with E-state index in [0.29, 0.717) is 37.1 Å². The van der Waals surface area contributed by atoms with E-state index in [1.54, 1.807) is 16.7 Å². The predicted octanol–water partition coefficient (Wildman–Crippen LogP) is 2.55. The SMILES string of the molecule is Cc1cccc(OCC(=O)N2CCN(Cc3ccccc3)C(=O)C2Cc2nc(C)no2)c1. The summed E-state index contributed by atoms with van der Waals surface area (Å²) in [6.45, 7) is 4.88. The molecule has 0 saturated carbocycles. The van der Waals surface area contributed by atoms with Crippen molar-refractivity contribution in [2.75, 3.05) is 19.7 Å². The third kappa shape index (κ3) is 5.14. The molecule has 0 aliphatic carbocycles. The fourth-order valence-corrected chi connectivity index (χ4v) is 3.82. The van der Waals surface area contributed by atoms with Crippen LogP contribution in [0.5, 0.6) is 5.75 Å². The summed E-state index contributed by atoms with van der Waals surface area (Å²) in [6, 6.07) is 16.6. The maximum Gasteiger partial charge on any atom is 0.261 e. The van der Waals surface area contributed by atoms with Gasteiger partial charge in [0.1, 0.15) is 11.8 Å². The van der Waals surface area contributed by atoms with Gasteiger partial charge >= 0.3 is 0 Å². The Morgan fingerprint density at radius 2 is 1.94 bits per heavy atom. The average Bonchev–Trinajstić information content (AvgIpc) is 3.20. The first kappa shape index (κ1) is 21.5. The molecule has 2 heterocycles. The summed E-state index contributed by atoms with van der Waals surface area (Å²) in [5.74, 6) is 1.06. The molecule has 0 N–H and O–H groups in total. The Labute approximate surface area is 186 Å². The number of amides is 2. The number of carbonyl (C=O) groups excluding carboxylic acids is 2.